The first-order chi connectivity index (χ1) is 10.2. The van der Waals surface area contributed by atoms with E-state index in [1.807, 2.05) is 30.3 Å². The fourth-order valence-corrected chi connectivity index (χ4v) is 2.44. The zero-order chi connectivity index (χ0) is 15.1. The molecule has 21 heavy (non-hydrogen) atoms. The minimum Gasteiger partial charge on any atom is -0.351 e. The molecule has 0 aromatic heterocycles. The zero-order valence-electron chi connectivity index (χ0n) is 12.8. The third-order valence-corrected chi connectivity index (χ3v) is 3.68. The van der Waals surface area contributed by atoms with Gasteiger partial charge in [-0.3, -0.25) is 4.79 Å². The van der Waals surface area contributed by atoms with E-state index in [0.29, 0.717) is 6.54 Å². The van der Waals surface area contributed by atoms with Crippen LogP contribution >= 0.6 is 0 Å². The SMILES string of the molecule is CCC[C@H](C(=O)NCc1ccc(C)cc1)c1ccccc1. The van der Waals surface area contributed by atoms with Gasteiger partial charge in [0, 0.05) is 6.54 Å². The maximum absolute atomic E-state index is 12.5. The molecule has 1 atom stereocenters. The fraction of sp³-hybridized carbons (Fsp3) is 0.316. The number of hydrogen-bond acceptors (Lipinski definition) is 1. The Hall–Kier alpha value is -2.09. The van der Waals surface area contributed by atoms with Gasteiger partial charge in [-0.15, -0.1) is 0 Å². The van der Waals surface area contributed by atoms with Crippen molar-refractivity contribution in [3.8, 4) is 0 Å². The quantitative estimate of drug-likeness (QED) is 0.845. The van der Waals surface area contributed by atoms with Crippen molar-refractivity contribution in [1.29, 1.82) is 0 Å². The predicted octanol–water partition coefficient (Wildman–Crippen LogP) is 4.20. The molecule has 0 aliphatic carbocycles. The molecule has 0 radical (unpaired) electrons. The van der Waals surface area contributed by atoms with E-state index in [0.717, 1.165) is 24.0 Å². The molecule has 1 amide bonds. The highest BCUT2D eigenvalue weighted by atomic mass is 16.1. The Labute approximate surface area is 127 Å². The van der Waals surface area contributed by atoms with Gasteiger partial charge in [0.25, 0.3) is 0 Å². The van der Waals surface area contributed by atoms with Gasteiger partial charge < -0.3 is 5.32 Å². The summed E-state index contributed by atoms with van der Waals surface area (Å²) in [6, 6.07) is 18.3. The molecule has 2 heteroatoms. The molecule has 0 aliphatic heterocycles. The Morgan fingerprint density at radius 1 is 1.05 bits per heavy atom. The van der Waals surface area contributed by atoms with Gasteiger partial charge >= 0.3 is 0 Å². The summed E-state index contributed by atoms with van der Waals surface area (Å²) in [4.78, 5) is 12.5. The predicted molar refractivity (Wildman–Crippen MR) is 87.1 cm³/mol. The summed E-state index contributed by atoms with van der Waals surface area (Å²) in [6.45, 7) is 4.77. The molecule has 2 aromatic carbocycles. The smallest absolute Gasteiger partial charge is 0.227 e. The monoisotopic (exact) mass is 281 g/mol. The van der Waals surface area contributed by atoms with E-state index in [1.54, 1.807) is 0 Å². The minimum absolute atomic E-state index is 0.0540. The molecule has 2 rings (SSSR count). The Kier molecular flexibility index (Phi) is 5.56. The molecular weight excluding hydrogens is 258 g/mol. The van der Waals surface area contributed by atoms with E-state index in [9.17, 15) is 4.79 Å². The van der Waals surface area contributed by atoms with Crippen molar-refractivity contribution in [1.82, 2.24) is 5.32 Å². The van der Waals surface area contributed by atoms with Gasteiger partial charge in [0.2, 0.25) is 5.91 Å². The van der Waals surface area contributed by atoms with Crippen LogP contribution in [-0.4, -0.2) is 5.91 Å². The van der Waals surface area contributed by atoms with Gasteiger partial charge in [-0.05, 0) is 24.5 Å². The molecule has 0 heterocycles. The Morgan fingerprint density at radius 3 is 2.33 bits per heavy atom. The first-order valence-corrected chi connectivity index (χ1v) is 7.59. The van der Waals surface area contributed by atoms with Crippen LogP contribution in [0.15, 0.2) is 54.6 Å². The van der Waals surface area contributed by atoms with Gasteiger partial charge in [0.05, 0.1) is 5.92 Å². The van der Waals surface area contributed by atoms with E-state index >= 15 is 0 Å². The van der Waals surface area contributed by atoms with Gasteiger partial charge in [-0.1, -0.05) is 73.5 Å². The summed E-state index contributed by atoms with van der Waals surface area (Å²) in [6.07, 6.45) is 1.88. The Bertz CT molecular complexity index is 560. The average molecular weight is 281 g/mol. The summed E-state index contributed by atoms with van der Waals surface area (Å²) in [5, 5.41) is 3.06. The lowest BCUT2D eigenvalue weighted by Gasteiger charge is -2.16. The van der Waals surface area contributed by atoms with E-state index in [1.165, 1.54) is 5.56 Å². The molecule has 110 valence electrons. The highest BCUT2D eigenvalue weighted by Gasteiger charge is 2.18. The van der Waals surface area contributed by atoms with Gasteiger partial charge in [0.1, 0.15) is 0 Å². The van der Waals surface area contributed by atoms with Crippen LogP contribution in [0.2, 0.25) is 0 Å². The molecule has 0 saturated carbocycles. The lowest BCUT2D eigenvalue weighted by molar-refractivity contribution is -0.122. The summed E-state index contributed by atoms with van der Waals surface area (Å²) < 4.78 is 0. The second kappa shape index (κ2) is 7.63. The molecule has 2 aromatic rings. The molecule has 0 bridgehead atoms. The molecule has 2 nitrogen and oxygen atoms in total. The molecule has 0 saturated heterocycles. The van der Waals surface area contributed by atoms with Crippen molar-refractivity contribution in [2.45, 2.75) is 39.2 Å². The standard InChI is InChI=1S/C19H23NO/c1-3-7-18(17-8-5-4-6-9-17)19(21)20-14-16-12-10-15(2)11-13-16/h4-6,8-13,18H,3,7,14H2,1-2H3,(H,20,21)/t18-/m0/s1. The van der Waals surface area contributed by atoms with Crippen LogP contribution in [0.4, 0.5) is 0 Å². The van der Waals surface area contributed by atoms with Crippen molar-refractivity contribution in [2.75, 3.05) is 0 Å². The number of amides is 1. The second-order valence-corrected chi connectivity index (χ2v) is 5.46. The number of benzene rings is 2. The highest BCUT2D eigenvalue weighted by Crippen LogP contribution is 2.21. The fourth-order valence-electron chi connectivity index (χ4n) is 2.44. The third kappa shape index (κ3) is 4.45. The van der Waals surface area contributed by atoms with E-state index in [2.05, 4.69) is 43.4 Å². The summed E-state index contributed by atoms with van der Waals surface area (Å²) in [5.41, 5.74) is 3.47. The van der Waals surface area contributed by atoms with Crippen LogP contribution in [-0.2, 0) is 11.3 Å². The van der Waals surface area contributed by atoms with Crippen LogP contribution in [0.3, 0.4) is 0 Å². The zero-order valence-corrected chi connectivity index (χ0v) is 12.8. The Morgan fingerprint density at radius 2 is 1.71 bits per heavy atom. The topological polar surface area (TPSA) is 29.1 Å². The number of carbonyl (C=O) groups excluding carboxylic acids is 1. The van der Waals surface area contributed by atoms with Crippen molar-refractivity contribution < 1.29 is 4.79 Å². The van der Waals surface area contributed by atoms with E-state index in [-0.39, 0.29) is 11.8 Å². The van der Waals surface area contributed by atoms with Gasteiger partial charge in [0.15, 0.2) is 0 Å². The number of hydrogen-bond donors (Lipinski definition) is 1. The number of aryl methyl sites for hydroxylation is 1. The Balaban J connectivity index is 2.00. The number of carbonyl (C=O) groups is 1. The number of rotatable bonds is 6. The van der Waals surface area contributed by atoms with Crippen LogP contribution < -0.4 is 5.32 Å². The third-order valence-electron chi connectivity index (χ3n) is 3.68. The van der Waals surface area contributed by atoms with Gasteiger partial charge in [-0.25, -0.2) is 0 Å². The normalized spacial score (nSPS) is 11.9. The molecule has 0 unspecified atom stereocenters. The maximum atomic E-state index is 12.5. The summed E-state index contributed by atoms with van der Waals surface area (Å²) >= 11 is 0. The van der Waals surface area contributed by atoms with Crippen molar-refractivity contribution in [3.63, 3.8) is 0 Å². The lowest BCUT2D eigenvalue weighted by atomic mass is 9.93. The van der Waals surface area contributed by atoms with Crippen LogP contribution in [0, 0.1) is 6.92 Å². The summed E-state index contributed by atoms with van der Waals surface area (Å²) in [7, 11) is 0. The van der Waals surface area contributed by atoms with Crippen molar-refractivity contribution in [3.05, 3.63) is 71.3 Å². The lowest BCUT2D eigenvalue weighted by Crippen LogP contribution is -2.29. The number of nitrogens with one attached hydrogen (secondary N) is 1. The average Bonchev–Trinajstić information content (AvgIpc) is 2.52. The highest BCUT2D eigenvalue weighted by molar-refractivity contribution is 5.83. The van der Waals surface area contributed by atoms with Crippen molar-refractivity contribution >= 4 is 5.91 Å². The van der Waals surface area contributed by atoms with E-state index < -0.39 is 0 Å². The summed E-state index contributed by atoms with van der Waals surface area (Å²) in [5.74, 6) is 0.0604. The molecular formula is C19H23NO. The van der Waals surface area contributed by atoms with Crippen molar-refractivity contribution in [2.24, 2.45) is 0 Å². The second-order valence-electron chi connectivity index (χ2n) is 5.46. The first-order valence-electron chi connectivity index (χ1n) is 7.59. The molecule has 1 N–H and O–H groups in total. The molecule has 0 fully saturated rings. The van der Waals surface area contributed by atoms with Gasteiger partial charge in [-0.2, -0.15) is 0 Å². The molecule has 0 spiro atoms. The maximum Gasteiger partial charge on any atom is 0.227 e. The minimum atomic E-state index is -0.0540. The largest absolute Gasteiger partial charge is 0.351 e. The van der Waals surface area contributed by atoms with E-state index in [4.69, 9.17) is 0 Å². The van der Waals surface area contributed by atoms with Crippen LogP contribution in [0.5, 0.6) is 0 Å². The van der Waals surface area contributed by atoms with Crippen LogP contribution in [0.25, 0.3) is 0 Å². The van der Waals surface area contributed by atoms with Crippen LogP contribution in [0.1, 0.15) is 42.4 Å². The first kappa shape index (κ1) is 15.3. The molecule has 0 aliphatic rings.